The van der Waals surface area contributed by atoms with Crippen molar-refractivity contribution in [3.05, 3.63) is 72.5 Å². The summed E-state index contributed by atoms with van der Waals surface area (Å²) in [7, 11) is 0. The third kappa shape index (κ3) is 5.30. The van der Waals surface area contributed by atoms with Crippen molar-refractivity contribution in [3.63, 3.8) is 0 Å². The molecule has 3 aromatic carbocycles. The summed E-state index contributed by atoms with van der Waals surface area (Å²) in [6.07, 6.45) is 0. The van der Waals surface area contributed by atoms with Crippen molar-refractivity contribution < 1.29 is 14.0 Å². The number of piperazine rings is 1. The monoisotopic (exact) mass is 434 g/mol. The van der Waals surface area contributed by atoms with Gasteiger partial charge in [-0.25, -0.2) is 4.39 Å². The van der Waals surface area contributed by atoms with Crippen LogP contribution in [0.1, 0.15) is 6.92 Å². The van der Waals surface area contributed by atoms with Crippen LogP contribution in [-0.4, -0.2) is 60.4 Å². The van der Waals surface area contributed by atoms with Gasteiger partial charge in [0, 0.05) is 42.9 Å². The molecule has 0 spiro atoms. The molecule has 0 saturated carbocycles. The third-order valence-corrected chi connectivity index (χ3v) is 5.86. The maximum Gasteiger partial charge on any atom is 0.241 e. The van der Waals surface area contributed by atoms with Gasteiger partial charge in [-0.2, -0.15) is 0 Å². The third-order valence-electron chi connectivity index (χ3n) is 5.86. The van der Waals surface area contributed by atoms with E-state index in [1.165, 1.54) is 12.1 Å². The molecule has 32 heavy (non-hydrogen) atoms. The van der Waals surface area contributed by atoms with Gasteiger partial charge in [0.1, 0.15) is 5.82 Å². The minimum absolute atomic E-state index is 0.0494. The number of amides is 2. The number of halogens is 1. The molecule has 1 saturated heterocycles. The van der Waals surface area contributed by atoms with Gasteiger partial charge in [0.15, 0.2) is 0 Å². The maximum absolute atomic E-state index is 13.3. The molecule has 2 N–H and O–H groups in total. The lowest BCUT2D eigenvalue weighted by Crippen LogP contribution is -2.53. The van der Waals surface area contributed by atoms with E-state index in [9.17, 15) is 14.0 Å². The van der Waals surface area contributed by atoms with Crippen LogP contribution in [0.25, 0.3) is 10.8 Å². The van der Waals surface area contributed by atoms with Crippen LogP contribution in [0.5, 0.6) is 0 Å². The summed E-state index contributed by atoms with van der Waals surface area (Å²) < 4.78 is 13.3. The lowest BCUT2D eigenvalue weighted by Gasteiger charge is -2.37. The zero-order valence-corrected chi connectivity index (χ0v) is 18.1. The summed E-state index contributed by atoms with van der Waals surface area (Å²) in [6.45, 7) is 4.90. The molecule has 0 bridgehead atoms. The molecular formula is C25H27FN4O2. The zero-order chi connectivity index (χ0) is 22.5. The number of hydrogen-bond acceptors (Lipinski definition) is 4. The second kappa shape index (κ2) is 9.89. The molecule has 2 amide bonds. The SMILES string of the molecule is CC(C(=O)Nc1cccc(F)c1)N1CCN(CC(=O)Nc2cccc3ccccc23)CC1. The topological polar surface area (TPSA) is 64.7 Å². The van der Waals surface area contributed by atoms with Crippen LogP contribution in [0.2, 0.25) is 0 Å². The van der Waals surface area contributed by atoms with Gasteiger partial charge < -0.3 is 10.6 Å². The minimum Gasteiger partial charge on any atom is -0.325 e. The van der Waals surface area contributed by atoms with Crippen LogP contribution >= 0.6 is 0 Å². The van der Waals surface area contributed by atoms with Gasteiger partial charge in [-0.05, 0) is 36.6 Å². The van der Waals surface area contributed by atoms with Crippen molar-refractivity contribution in [2.45, 2.75) is 13.0 Å². The molecule has 6 nitrogen and oxygen atoms in total. The Morgan fingerprint density at radius 2 is 1.66 bits per heavy atom. The fourth-order valence-electron chi connectivity index (χ4n) is 4.01. The van der Waals surface area contributed by atoms with E-state index >= 15 is 0 Å². The maximum atomic E-state index is 13.3. The highest BCUT2D eigenvalue weighted by Crippen LogP contribution is 2.23. The molecule has 0 aliphatic carbocycles. The molecule has 1 aliphatic heterocycles. The second-order valence-electron chi connectivity index (χ2n) is 8.06. The largest absolute Gasteiger partial charge is 0.325 e. The Labute approximate surface area is 187 Å². The molecule has 166 valence electrons. The number of carbonyl (C=O) groups is 2. The number of nitrogens with one attached hydrogen (secondary N) is 2. The van der Waals surface area contributed by atoms with Crippen molar-refractivity contribution in [2.75, 3.05) is 43.4 Å². The highest BCUT2D eigenvalue weighted by molar-refractivity contribution is 6.02. The Morgan fingerprint density at radius 1 is 0.938 bits per heavy atom. The summed E-state index contributed by atoms with van der Waals surface area (Å²) >= 11 is 0. The normalized spacial score (nSPS) is 15.9. The predicted molar refractivity (Wildman–Crippen MR) is 125 cm³/mol. The Kier molecular flexibility index (Phi) is 6.78. The van der Waals surface area contributed by atoms with Gasteiger partial charge in [0.2, 0.25) is 11.8 Å². The van der Waals surface area contributed by atoms with Crippen LogP contribution in [0.3, 0.4) is 0 Å². The van der Waals surface area contributed by atoms with E-state index in [-0.39, 0.29) is 23.7 Å². The number of nitrogens with zero attached hydrogens (tertiary/aromatic N) is 2. The minimum atomic E-state index is -0.383. The first kappa shape index (κ1) is 21.9. The second-order valence-corrected chi connectivity index (χ2v) is 8.06. The fraction of sp³-hybridized carbons (Fsp3) is 0.280. The number of benzene rings is 3. The summed E-state index contributed by atoms with van der Waals surface area (Å²) in [5.74, 6) is -0.602. The van der Waals surface area contributed by atoms with Crippen molar-refractivity contribution in [3.8, 4) is 0 Å². The molecule has 1 fully saturated rings. The van der Waals surface area contributed by atoms with E-state index in [0.29, 0.717) is 38.4 Å². The van der Waals surface area contributed by atoms with E-state index in [0.717, 1.165) is 16.5 Å². The standard InChI is InChI=1S/C25H27FN4O2/c1-18(25(32)27-21-9-5-8-20(26)16-21)30-14-12-29(13-15-30)17-24(31)28-23-11-4-7-19-6-2-3-10-22(19)23/h2-11,16,18H,12-15,17H2,1H3,(H,27,32)(H,28,31). The number of carbonyl (C=O) groups excluding carboxylic acids is 2. The van der Waals surface area contributed by atoms with E-state index in [1.807, 2.05) is 49.4 Å². The molecule has 1 heterocycles. The average Bonchev–Trinajstić information content (AvgIpc) is 2.79. The molecule has 4 rings (SSSR count). The van der Waals surface area contributed by atoms with Gasteiger partial charge >= 0.3 is 0 Å². The van der Waals surface area contributed by atoms with E-state index < -0.39 is 0 Å². The molecule has 0 radical (unpaired) electrons. The first-order valence-corrected chi connectivity index (χ1v) is 10.8. The molecule has 3 aromatic rings. The summed E-state index contributed by atoms with van der Waals surface area (Å²) in [5.41, 5.74) is 1.26. The first-order valence-electron chi connectivity index (χ1n) is 10.8. The van der Waals surface area contributed by atoms with E-state index in [4.69, 9.17) is 0 Å². The smallest absolute Gasteiger partial charge is 0.241 e. The molecular weight excluding hydrogens is 407 g/mol. The summed E-state index contributed by atoms with van der Waals surface area (Å²) in [4.78, 5) is 29.3. The fourth-order valence-corrected chi connectivity index (χ4v) is 4.01. The Hall–Kier alpha value is -3.29. The van der Waals surface area contributed by atoms with Gasteiger partial charge in [0.25, 0.3) is 0 Å². The summed E-state index contributed by atoms with van der Waals surface area (Å²) in [6, 6.07) is 19.4. The molecule has 1 atom stereocenters. The zero-order valence-electron chi connectivity index (χ0n) is 18.1. The predicted octanol–water partition coefficient (Wildman–Crippen LogP) is 3.56. The van der Waals surface area contributed by atoms with Gasteiger partial charge in [0.05, 0.1) is 12.6 Å². The van der Waals surface area contributed by atoms with E-state index in [1.54, 1.807) is 12.1 Å². The first-order chi connectivity index (χ1) is 15.5. The number of fused-ring (bicyclic) bond motifs is 1. The Balaban J connectivity index is 1.27. The van der Waals surface area contributed by atoms with Crippen LogP contribution in [0.4, 0.5) is 15.8 Å². The lowest BCUT2D eigenvalue weighted by molar-refractivity contribution is -0.122. The van der Waals surface area contributed by atoms with Gasteiger partial charge in [-0.1, -0.05) is 42.5 Å². The lowest BCUT2D eigenvalue weighted by atomic mass is 10.1. The van der Waals surface area contributed by atoms with Crippen LogP contribution in [0.15, 0.2) is 66.7 Å². The molecule has 0 aromatic heterocycles. The van der Waals surface area contributed by atoms with Crippen molar-refractivity contribution in [2.24, 2.45) is 0 Å². The van der Waals surface area contributed by atoms with Gasteiger partial charge in [-0.15, -0.1) is 0 Å². The number of anilines is 2. The summed E-state index contributed by atoms with van der Waals surface area (Å²) in [5, 5.41) is 7.90. The van der Waals surface area contributed by atoms with Crippen LogP contribution in [0, 0.1) is 5.82 Å². The van der Waals surface area contributed by atoms with E-state index in [2.05, 4.69) is 20.4 Å². The average molecular weight is 435 g/mol. The molecule has 1 aliphatic rings. The highest BCUT2D eigenvalue weighted by atomic mass is 19.1. The van der Waals surface area contributed by atoms with Crippen molar-refractivity contribution in [1.29, 1.82) is 0 Å². The number of hydrogen-bond donors (Lipinski definition) is 2. The van der Waals surface area contributed by atoms with Crippen LogP contribution in [-0.2, 0) is 9.59 Å². The van der Waals surface area contributed by atoms with Gasteiger partial charge in [-0.3, -0.25) is 19.4 Å². The van der Waals surface area contributed by atoms with Crippen molar-refractivity contribution in [1.82, 2.24) is 9.80 Å². The van der Waals surface area contributed by atoms with Crippen LogP contribution < -0.4 is 10.6 Å². The highest BCUT2D eigenvalue weighted by Gasteiger charge is 2.26. The Bertz CT molecular complexity index is 1110. The molecule has 7 heteroatoms. The quantitative estimate of drug-likeness (QED) is 0.623. The Morgan fingerprint density at radius 3 is 2.44 bits per heavy atom. The van der Waals surface area contributed by atoms with Crippen molar-refractivity contribution >= 4 is 34.0 Å². The molecule has 1 unspecified atom stereocenters. The number of rotatable bonds is 6.